The van der Waals surface area contributed by atoms with Gasteiger partial charge in [0.15, 0.2) is 11.5 Å². The van der Waals surface area contributed by atoms with Crippen molar-refractivity contribution in [3.63, 3.8) is 0 Å². The number of hydrogen-bond acceptors (Lipinski definition) is 5. The maximum Gasteiger partial charge on any atom is 0.410 e. The maximum absolute atomic E-state index is 13.1. The standard InChI is InChI=1S/C19H24FN5O4/c1-19(2,3)29-18(28)24(4)10-14(26)23-17-15(16(21)27)25(11-22-17)9-12-5-7-13(20)8-6-12/h5-8,11H,9-10H2,1-4H3,(H2,21,27)(H,23,26). The van der Waals surface area contributed by atoms with Crippen LogP contribution in [0.2, 0.25) is 0 Å². The molecule has 0 aliphatic rings. The maximum atomic E-state index is 13.1. The number of nitrogens with one attached hydrogen (secondary N) is 1. The zero-order chi connectivity index (χ0) is 21.8. The van der Waals surface area contributed by atoms with Gasteiger partial charge in [0.25, 0.3) is 5.91 Å². The number of carbonyl (C=O) groups is 3. The first-order chi connectivity index (χ1) is 13.5. The second-order valence-electron chi connectivity index (χ2n) is 7.44. The Bertz CT molecular complexity index is 902. The molecular formula is C19H24FN5O4. The van der Waals surface area contributed by atoms with Crippen LogP contribution in [0.5, 0.6) is 0 Å². The molecule has 0 aliphatic carbocycles. The molecule has 29 heavy (non-hydrogen) atoms. The van der Waals surface area contributed by atoms with Gasteiger partial charge in [-0.3, -0.25) is 9.59 Å². The number of nitrogens with two attached hydrogens (primary N) is 1. The Morgan fingerprint density at radius 2 is 1.86 bits per heavy atom. The lowest BCUT2D eigenvalue weighted by Gasteiger charge is -2.24. The number of anilines is 1. The molecule has 0 radical (unpaired) electrons. The van der Waals surface area contributed by atoms with E-state index in [-0.39, 0.29) is 30.4 Å². The van der Waals surface area contributed by atoms with Gasteiger partial charge in [-0.25, -0.2) is 14.2 Å². The Balaban J connectivity index is 2.09. The summed E-state index contributed by atoms with van der Waals surface area (Å²) in [6.45, 7) is 5.04. The van der Waals surface area contributed by atoms with Crippen molar-refractivity contribution >= 4 is 23.7 Å². The lowest BCUT2D eigenvalue weighted by molar-refractivity contribution is -0.117. The van der Waals surface area contributed by atoms with Gasteiger partial charge >= 0.3 is 6.09 Å². The minimum atomic E-state index is -0.791. The summed E-state index contributed by atoms with van der Waals surface area (Å²) in [6.07, 6.45) is 0.681. The van der Waals surface area contributed by atoms with Gasteiger partial charge in [-0.1, -0.05) is 12.1 Å². The van der Waals surface area contributed by atoms with Crippen molar-refractivity contribution < 1.29 is 23.5 Å². The Morgan fingerprint density at radius 3 is 2.41 bits per heavy atom. The van der Waals surface area contributed by atoms with Crippen LogP contribution in [0.3, 0.4) is 0 Å². The molecule has 2 rings (SSSR count). The van der Waals surface area contributed by atoms with Crippen LogP contribution in [0.1, 0.15) is 36.8 Å². The number of aromatic nitrogens is 2. The molecule has 0 saturated heterocycles. The van der Waals surface area contributed by atoms with Crippen molar-refractivity contribution in [1.29, 1.82) is 0 Å². The average Bonchev–Trinajstić information content (AvgIpc) is 2.97. The molecule has 0 saturated carbocycles. The fraction of sp³-hybridized carbons (Fsp3) is 0.368. The van der Waals surface area contributed by atoms with Gasteiger partial charge in [0.1, 0.15) is 18.0 Å². The molecule has 1 heterocycles. The van der Waals surface area contributed by atoms with Crippen LogP contribution in [0.15, 0.2) is 30.6 Å². The van der Waals surface area contributed by atoms with E-state index < -0.39 is 23.5 Å². The molecule has 1 aromatic carbocycles. The highest BCUT2D eigenvalue weighted by Gasteiger charge is 2.23. The van der Waals surface area contributed by atoms with Gasteiger partial charge in [0.05, 0.1) is 6.33 Å². The molecule has 156 valence electrons. The summed E-state index contributed by atoms with van der Waals surface area (Å²) in [7, 11) is 1.41. The molecule has 3 N–H and O–H groups in total. The first-order valence-electron chi connectivity index (χ1n) is 8.79. The van der Waals surface area contributed by atoms with Gasteiger partial charge < -0.3 is 25.3 Å². The van der Waals surface area contributed by atoms with Gasteiger partial charge in [-0.15, -0.1) is 0 Å². The van der Waals surface area contributed by atoms with E-state index in [2.05, 4.69) is 10.3 Å². The van der Waals surface area contributed by atoms with E-state index in [9.17, 15) is 18.8 Å². The van der Waals surface area contributed by atoms with Crippen LogP contribution in [-0.4, -0.2) is 51.6 Å². The zero-order valence-electron chi connectivity index (χ0n) is 16.7. The normalized spacial score (nSPS) is 11.1. The molecule has 9 nitrogen and oxygen atoms in total. The Kier molecular flexibility index (Phi) is 6.57. The van der Waals surface area contributed by atoms with E-state index in [0.29, 0.717) is 5.56 Å². The van der Waals surface area contributed by atoms with Crippen LogP contribution in [0, 0.1) is 5.82 Å². The molecule has 0 atom stereocenters. The van der Waals surface area contributed by atoms with E-state index in [4.69, 9.17) is 10.5 Å². The fourth-order valence-corrected chi connectivity index (χ4v) is 2.43. The van der Waals surface area contributed by atoms with Gasteiger partial charge in [-0.2, -0.15) is 0 Å². The monoisotopic (exact) mass is 405 g/mol. The third-order valence-corrected chi connectivity index (χ3v) is 3.68. The van der Waals surface area contributed by atoms with Gasteiger partial charge in [-0.05, 0) is 38.5 Å². The number of hydrogen-bond donors (Lipinski definition) is 2. The first kappa shape index (κ1) is 21.9. The summed E-state index contributed by atoms with van der Waals surface area (Å²) in [5, 5.41) is 2.47. The van der Waals surface area contributed by atoms with Crippen LogP contribution < -0.4 is 11.1 Å². The molecule has 0 unspecified atom stereocenters. The van der Waals surface area contributed by atoms with Gasteiger partial charge in [0, 0.05) is 13.6 Å². The number of primary amides is 1. The molecule has 0 aliphatic heterocycles. The van der Waals surface area contributed by atoms with E-state index in [1.165, 1.54) is 30.1 Å². The number of imidazole rings is 1. The zero-order valence-corrected chi connectivity index (χ0v) is 16.7. The minimum Gasteiger partial charge on any atom is -0.444 e. The summed E-state index contributed by atoms with van der Waals surface area (Å²) in [5.74, 6) is -1.77. The predicted octanol–water partition coefficient (Wildman–Crippen LogP) is 1.97. The second kappa shape index (κ2) is 8.72. The van der Waals surface area contributed by atoms with Crippen molar-refractivity contribution in [1.82, 2.24) is 14.5 Å². The summed E-state index contributed by atoms with van der Waals surface area (Å²) >= 11 is 0. The summed E-state index contributed by atoms with van der Waals surface area (Å²) in [6, 6.07) is 5.72. The summed E-state index contributed by atoms with van der Waals surface area (Å²) < 4.78 is 19.7. The Hall–Kier alpha value is -3.43. The van der Waals surface area contributed by atoms with Crippen molar-refractivity contribution in [2.45, 2.75) is 32.9 Å². The molecule has 0 fully saturated rings. The van der Waals surface area contributed by atoms with Crippen LogP contribution in [0.25, 0.3) is 0 Å². The lowest BCUT2D eigenvalue weighted by Crippen LogP contribution is -2.39. The number of rotatable bonds is 6. The smallest absolute Gasteiger partial charge is 0.410 e. The van der Waals surface area contributed by atoms with Crippen LogP contribution in [0.4, 0.5) is 15.0 Å². The number of nitrogens with zero attached hydrogens (tertiary/aromatic N) is 3. The van der Waals surface area contributed by atoms with Crippen LogP contribution in [-0.2, 0) is 16.1 Å². The van der Waals surface area contributed by atoms with Crippen molar-refractivity contribution in [3.8, 4) is 0 Å². The topological polar surface area (TPSA) is 120 Å². The second-order valence-corrected chi connectivity index (χ2v) is 7.44. The van der Waals surface area contributed by atoms with Crippen molar-refractivity contribution in [2.75, 3.05) is 18.9 Å². The molecule has 0 bridgehead atoms. The summed E-state index contributed by atoms with van der Waals surface area (Å²) in [5.41, 5.74) is 5.45. The largest absolute Gasteiger partial charge is 0.444 e. The predicted molar refractivity (Wildman–Crippen MR) is 104 cm³/mol. The summed E-state index contributed by atoms with van der Waals surface area (Å²) in [4.78, 5) is 41.2. The van der Waals surface area contributed by atoms with E-state index in [0.717, 1.165) is 4.90 Å². The highest BCUT2D eigenvalue weighted by Crippen LogP contribution is 2.16. The Morgan fingerprint density at radius 1 is 1.24 bits per heavy atom. The highest BCUT2D eigenvalue weighted by molar-refractivity contribution is 6.01. The molecule has 1 aromatic heterocycles. The highest BCUT2D eigenvalue weighted by atomic mass is 19.1. The number of carbonyl (C=O) groups excluding carboxylic acids is 3. The number of ether oxygens (including phenoxy) is 1. The molecule has 0 spiro atoms. The molecule has 2 aromatic rings. The average molecular weight is 405 g/mol. The SMILES string of the molecule is CN(CC(=O)Nc1ncn(Cc2ccc(F)cc2)c1C(N)=O)C(=O)OC(C)(C)C. The fourth-order valence-electron chi connectivity index (χ4n) is 2.43. The van der Waals surface area contributed by atoms with Crippen molar-refractivity contribution in [2.24, 2.45) is 5.73 Å². The lowest BCUT2D eigenvalue weighted by atomic mass is 10.2. The van der Waals surface area contributed by atoms with E-state index in [1.54, 1.807) is 32.9 Å². The van der Waals surface area contributed by atoms with E-state index >= 15 is 0 Å². The Labute approximate surface area is 167 Å². The molecular weight excluding hydrogens is 381 g/mol. The van der Waals surface area contributed by atoms with E-state index in [1.807, 2.05) is 0 Å². The van der Waals surface area contributed by atoms with Gasteiger partial charge in [0.2, 0.25) is 5.91 Å². The third-order valence-electron chi connectivity index (χ3n) is 3.68. The van der Waals surface area contributed by atoms with Crippen molar-refractivity contribution in [3.05, 3.63) is 47.7 Å². The first-order valence-corrected chi connectivity index (χ1v) is 8.79. The molecule has 10 heteroatoms. The molecule has 3 amide bonds. The third kappa shape index (κ3) is 6.30. The number of likely N-dealkylation sites (N-methyl/N-ethyl adjacent to an activating group) is 1. The quantitative estimate of drug-likeness (QED) is 0.761. The minimum absolute atomic E-state index is 0.0115. The number of benzene rings is 1. The van der Waals surface area contributed by atoms with Crippen LogP contribution >= 0.6 is 0 Å². The number of amides is 3. The number of halogens is 1.